The molecule has 0 spiro atoms. The van der Waals surface area contributed by atoms with Gasteiger partial charge in [-0.3, -0.25) is 9.59 Å². The lowest BCUT2D eigenvalue weighted by molar-refractivity contribution is -0.280. The summed E-state index contributed by atoms with van der Waals surface area (Å²) in [4.78, 5) is 26.5. The molecule has 2 N–H and O–H groups in total. The van der Waals surface area contributed by atoms with Gasteiger partial charge in [-0.25, -0.2) is 10.1 Å². The van der Waals surface area contributed by atoms with Gasteiger partial charge in [0.05, 0.1) is 0 Å². The van der Waals surface area contributed by atoms with Crippen LogP contribution in [-0.4, -0.2) is 35.7 Å². The molecule has 1 unspecified atom stereocenters. The minimum Gasteiger partial charge on any atom is -0.324 e. The van der Waals surface area contributed by atoms with Crippen molar-refractivity contribution < 1.29 is 19.7 Å². The van der Waals surface area contributed by atoms with Gasteiger partial charge < -0.3 is 10.2 Å². The zero-order valence-electron chi connectivity index (χ0n) is 7.06. The molecular weight excluding hydrogens is 176 g/mol. The van der Waals surface area contributed by atoms with Crippen LogP contribution in [0.1, 0.15) is 6.42 Å². The average molecular weight is 186 g/mol. The maximum atomic E-state index is 11.1. The first-order valence-corrected chi connectivity index (χ1v) is 3.66. The van der Waals surface area contributed by atoms with E-state index in [-0.39, 0.29) is 12.3 Å². The Balaban J connectivity index is 2.66. The van der Waals surface area contributed by atoms with Gasteiger partial charge in [0.2, 0.25) is 6.41 Å². The van der Waals surface area contributed by atoms with E-state index in [9.17, 15) is 9.59 Å². The van der Waals surface area contributed by atoms with E-state index >= 15 is 0 Å². The van der Waals surface area contributed by atoms with Gasteiger partial charge in [-0.15, -0.1) is 0 Å². The van der Waals surface area contributed by atoms with Crippen LogP contribution >= 0.6 is 0 Å². The Morgan fingerprint density at radius 1 is 1.77 bits per heavy atom. The number of carbonyl (C=O) groups excluding carboxylic acids is 2. The first-order valence-electron chi connectivity index (χ1n) is 3.66. The Kier molecular flexibility index (Phi) is 2.99. The quantitative estimate of drug-likeness (QED) is 0.264. The fourth-order valence-corrected chi connectivity index (χ4v) is 1.03. The highest BCUT2D eigenvalue weighted by Crippen LogP contribution is 2.14. The SMILES string of the molecule is CN(C=O)C=C1CC(OO)NC1=O. The van der Waals surface area contributed by atoms with E-state index in [2.05, 4.69) is 10.2 Å². The molecule has 0 aromatic heterocycles. The van der Waals surface area contributed by atoms with E-state index in [1.807, 2.05) is 0 Å². The summed E-state index contributed by atoms with van der Waals surface area (Å²) in [6.45, 7) is 0. The largest absolute Gasteiger partial charge is 0.324 e. The lowest BCUT2D eigenvalue weighted by Crippen LogP contribution is -2.26. The van der Waals surface area contributed by atoms with Gasteiger partial charge >= 0.3 is 0 Å². The van der Waals surface area contributed by atoms with Crippen LogP contribution in [0, 0.1) is 0 Å². The number of rotatable bonds is 3. The Morgan fingerprint density at radius 3 is 2.92 bits per heavy atom. The van der Waals surface area contributed by atoms with E-state index in [1.54, 1.807) is 0 Å². The van der Waals surface area contributed by atoms with Gasteiger partial charge in [0, 0.05) is 25.2 Å². The van der Waals surface area contributed by atoms with Gasteiger partial charge in [0.25, 0.3) is 5.91 Å². The van der Waals surface area contributed by atoms with E-state index < -0.39 is 6.23 Å². The standard InChI is InChI=1S/C7H10N2O4/c1-9(4-10)3-5-2-6(13-12)8-7(5)11/h3-4,6,12H,2H2,1H3,(H,8,11). The molecule has 6 nitrogen and oxygen atoms in total. The molecule has 1 aliphatic rings. The van der Waals surface area contributed by atoms with Crippen LogP contribution in [0.3, 0.4) is 0 Å². The summed E-state index contributed by atoms with van der Waals surface area (Å²) >= 11 is 0. The third kappa shape index (κ3) is 2.27. The highest BCUT2D eigenvalue weighted by Gasteiger charge is 2.27. The van der Waals surface area contributed by atoms with Crippen molar-refractivity contribution in [1.82, 2.24) is 10.2 Å². The maximum absolute atomic E-state index is 11.1. The van der Waals surface area contributed by atoms with Crippen LogP contribution in [0.5, 0.6) is 0 Å². The van der Waals surface area contributed by atoms with Gasteiger partial charge in [0.15, 0.2) is 6.23 Å². The summed E-state index contributed by atoms with van der Waals surface area (Å²) in [6, 6.07) is 0. The van der Waals surface area contributed by atoms with Crippen LogP contribution in [0.15, 0.2) is 11.8 Å². The van der Waals surface area contributed by atoms with Crippen molar-refractivity contribution in [2.75, 3.05) is 7.05 Å². The second-order valence-electron chi connectivity index (χ2n) is 2.70. The van der Waals surface area contributed by atoms with E-state index in [0.717, 1.165) is 0 Å². The van der Waals surface area contributed by atoms with Crippen molar-refractivity contribution in [3.63, 3.8) is 0 Å². The van der Waals surface area contributed by atoms with Crippen LogP contribution in [0.4, 0.5) is 0 Å². The molecular formula is C7H10N2O4. The van der Waals surface area contributed by atoms with Gasteiger partial charge in [-0.1, -0.05) is 0 Å². The van der Waals surface area contributed by atoms with Crippen LogP contribution in [0.2, 0.25) is 0 Å². The molecule has 1 aliphatic heterocycles. The number of nitrogens with zero attached hydrogens (tertiary/aromatic N) is 1. The van der Waals surface area contributed by atoms with Crippen molar-refractivity contribution in [3.05, 3.63) is 11.8 Å². The summed E-state index contributed by atoms with van der Waals surface area (Å²) in [6.07, 6.45) is 1.50. The van der Waals surface area contributed by atoms with E-state index in [4.69, 9.17) is 5.26 Å². The molecule has 1 rings (SSSR count). The maximum Gasteiger partial charge on any atom is 0.250 e. The molecule has 0 saturated carbocycles. The molecule has 72 valence electrons. The first kappa shape index (κ1) is 9.69. The predicted molar refractivity (Wildman–Crippen MR) is 42.2 cm³/mol. The second kappa shape index (κ2) is 4.01. The molecule has 0 radical (unpaired) electrons. The zero-order chi connectivity index (χ0) is 9.84. The number of hydrogen-bond acceptors (Lipinski definition) is 4. The van der Waals surface area contributed by atoms with Crippen molar-refractivity contribution >= 4 is 12.3 Å². The Morgan fingerprint density at radius 2 is 2.46 bits per heavy atom. The molecule has 0 bridgehead atoms. The topological polar surface area (TPSA) is 78.9 Å². The second-order valence-corrected chi connectivity index (χ2v) is 2.70. The van der Waals surface area contributed by atoms with Crippen molar-refractivity contribution in [3.8, 4) is 0 Å². The molecule has 0 aromatic rings. The first-order chi connectivity index (χ1) is 6.17. The highest BCUT2D eigenvalue weighted by molar-refractivity contribution is 5.95. The smallest absolute Gasteiger partial charge is 0.250 e. The highest BCUT2D eigenvalue weighted by atomic mass is 17.1. The van der Waals surface area contributed by atoms with Gasteiger partial charge in [-0.05, 0) is 0 Å². The van der Waals surface area contributed by atoms with Crippen molar-refractivity contribution in [2.45, 2.75) is 12.6 Å². The van der Waals surface area contributed by atoms with Crippen molar-refractivity contribution in [2.24, 2.45) is 0 Å². The summed E-state index contributed by atoms with van der Waals surface area (Å²) in [5.41, 5.74) is 0.397. The summed E-state index contributed by atoms with van der Waals surface area (Å²) in [7, 11) is 1.51. The Bertz CT molecular complexity index is 251. The predicted octanol–water partition coefficient (Wildman–Crippen LogP) is -0.706. The normalized spacial score (nSPS) is 24.6. The van der Waals surface area contributed by atoms with E-state index in [1.165, 1.54) is 18.1 Å². The molecule has 1 fully saturated rings. The number of hydrogen-bond donors (Lipinski definition) is 2. The third-order valence-corrected chi connectivity index (χ3v) is 1.64. The van der Waals surface area contributed by atoms with Crippen LogP contribution < -0.4 is 5.32 Å². The summed E-state index contributed by atoms with van der Waals surface area (Å²) < 4.78 is 0. The average Bonchev–Trinajstić information content (AvgIpc) is 2.47. The lowest BCUT2D eigenvalue weighted by atomic mass is 10.2. The number of amides is 2. The van der Waals surface area contributed by atoms with Crippen LogP contribution in [0.25, 0.3) is 0 Å². The minimum absolute atomic E-state index is 0.244. The van der Waals surface area contributed by atoms with Gasteiger partial charge in [0.1, 0.15) is 0 Å². The summed E-state index contributed by atoms with van der Waals surface area (Å²) in [5, 5.41) is 10.6. The monoisotopic (exact) mass is 186 g/mol. The molecule has 0 aliphatic carbocycles. The number of carbonyl (C=O) groups is 2. The minimum atomic E-state index is -0.709. The fourth-order valence-electron chi connectivity index (χ4n) is 1.03. The van der Waals surface area contributed by atoms with Crippen LogP contribution in [-0.2, 0) is 14.5 Å². The van der Waals surface area contributed by atoms with Gasteiger partial charge in [-0.2, -0.15) is 0 Å². The molecule has 6 heteroatoms. The van der Waals surface area contributed by atoms with E-state index in [0.29, 0.717) is 12.0 Å². The third-order valence-electron chi connectivity index (χ3n) is 1.64. The summed E-state index contributed by atoms with van der Waals surface area (Å²) in [5.74, 6) is -0.340. The number of nitrogens with one attached hydrogen (secondary N) is 1. The lowest BCUT2D eigenvalue weighted by Gasteiger charge is -2.03. The molecule has 13 heavy (non-hydrogen) atoms. The Hall–Kier alpha value is -1.40. The fraction of sp³-hybridized carbons (Fsp3) is 0.429. The zero-order valence-corrected chi connectivity index (χ0v) is 7.06. The Labute approximate surface area is 74.7 Å². The molecule has 0 aromatic carbocycles. The molecule has 1 heterocycles. The van der Waals surface area contributed by atoms with Crippen molar-refractivity contribution in [1.29, 1.82) is 0 Å². The molecule has 1 saturated heterocycles. The molecule has 2 amide bonds. The molecule has 1 atom stereocenters.